The highest BCUT2D eigenvalue weighted by atomic mass is 79.9. The molecule has 0 radical (unpaired) electrons. The van der Waals surface area contributed by atoms with Crippen molar-refractivity contribution in [3.05, 3.63) is 51.2 Å². The Hall–Kier alpha value is -1.06. The quantitative estimate of drug-likeness (QED) is 0.594. The molecule has 0 aliphatic rings. The molecule has 2 aromatic rings. The Balaban J connectivity index is 2.73. The molecule has 0 atom stereocenters. The van der Waals surface area contributed by atoms with Gasteiger partial charge in [-0.2, -0.15) is 0 Å². The molecule has 2 aromatic carbocycles. The Labute approximate surface area is 113 Å². The lowest BCUT2D eigenvalue weighted by molar-refractivity contribution is 0.627. The average molecular weight is 315 g/mol. The fourth-order valence-electron chi connectivity index (χ4n) is 1.70. The van der Waals surface area contributed by atoms with Crippen molar-refractivity contribution in [1.82, 2.24) is 0 Å². The van der Waals surface area contributed by atoms with Gasteiger partial charge in [-0.1, -0.05) is 23.7 Å². The smallest absolute Gasteiger partial charge is 0.125 e. The van der Waals surface area contributed by atoms with Gasteiger partial charge in [-0.15, -0.1) is 0 Å². The highest BCUT2D eigenvalue weighted by molar-refractivity contribution is 9.10. The summed E-state index contributed by atoms with van der Waals surface area (Å²) in [4.78, 5) is 0. The second-order valence-electron chi connectivity index (χ2n) is 3.77. The third-order valence-corrected chi connectivity index (χ3v) is 3.92. The lowest BCUT2D eigenvalue weighted by atomic mass is 9.99. The van der Waals surface area contributed by atoms with E-state index in [0.717, 1.165) is 11.1 Å². The monoisotopic (exact) mass is 313 g/mol. The molecule has 0 aliphatic carbocycles. The predicted molar refractivity (Wildman–Crippen MR) is 73.7 cm³/mol. The van der Waals surface area contributed by atoms with Gasteiger partial charge in [0.1, 0.15) is 5.82 Å². The Morgan fingerprint density at radius 2 is 1.94 bits per heavy atom. The van der Waals surface area contributed by atoms with E-state index in [1.165, 1.54) is 12.1 Å². The summed E-state index contributed by atoms with van der Waals surface area (Å²) in [7, 11) is 0. The Morgan fingerprint density at radius 3 is 2.65 bits per heavy atom. The molecule has 0 spiro atoms. The lowest BCUT2D eigenvalue weighted by Gasteiger charge is -2.11. The highest BCUT2D eigenvalue weighted by Crippen LogP contribution is 2.37. The molecular formula is C13H10BrClFN. The fourth-order valence-corrected chi connectivity index (χ4v) is 2.34. The van der Waals surface area contributed by atoms with E-state index in [2.05, 4.69) is 15.9 Å². The number of halogens is 3. The molecule has 0 aliphatic heterocycles. The van der Waals surface area contributed by atoms with Gasteiger partial charge < -0.3 is 5.73 Å². The number of rotatable bonds is 1. The Morgan fingerprint density at radius 1 is 1.24 bits per heavy atom. The average Bonchev–Trinajstić information content (AvgIpc) is 2.27. The molecule has 88 valence electrons. The van der Waals surface area contributed by atoms with Gasteiger partial charge in [0, 0.05) is 15.7 Å². The van der Waals surface area contributed by atoms with Gasteiger partial charge in [0.05, 0.1) is 5.02 Å². The number of hydrogen-bond acceptors (Lipinski definition) is 1. The Bertz CT molecular complexity index is 584. The van der Waals surface area contributed by atoms with Crippen molar-refractivity contribution in [2.45, 2.75) is 6.92 Å². The predicted octanol–water partition coefficient (Wildman–Crippen LogP) is 4.80. The molecule has 0 bridgehead atoms. The van der Waals surface area contributed by atoms with E-state index in [9.17, 15) is 4.39 Å². The highest BCUT2D eigenvalue weighted by Gasteiger charge is 2.12. The molecule has 0 fully saturated rings. The normalized spacial score (nSPS) is 10.6. The zero-order valence-electron chi connectivity index (χ0n) is 9.10. The summed E-state index contributed by atoms with van der Waals surface area (Å²) in [5.41, 5.74) is 8.88. The lowest BCUT2D eigenvalue weighted by Crippen LogP contribution is -1.93. The minimum atomic E-state index is -0.335. The van der Waals surface area contributed by atoms with Gasteiger partial charge >= 0.3 is 0 Å². The van der Waals surface area contributed by atoms with Crippen LogP contribution >= 0.6 is 27.5 Å². The van der Waals surface area contributed by atoms with Crippen LogP contribution in [-0.2, 0) is 0 Å². The number of anilines is 1. The van der Waals surface area contributed by atoms with Crippen LogP contribution < -0.4 is 5.73 Å². The largest absolute Gasteiger partial charge is 0.398 e. The first-order valence-electron chi connectivity index (χ1n) is 5.00. The summed E-state index contributed by atoms with van der Waals surface area (Å²) in [6.07, 6.45) is 0. The number of benzene rings is 2. The first-order valence-corrected chi connectivity index (χ1v) is 6.18. The zero-order valence-corrected chi connectivity index (χ0v) is 11.4. The van der Waals surface area contributed by atoms with Crippen LogP contribution in [0.3, 0.4) is 0 Å². The second-order valence-corrected chi connectivity index (χ2v) is 5.00. The van der Waals surface area contributed by atoms with Crippen molar-refractivity contribution < 1.29 is 4.39 Å². The van der Waals surface area contributed by atoms with Crippen LogP contribution in [0.15, 0.2) is 34.8 Å². The van der Waals surface area contributed by atoms with Crippen LogP contribution in [0.4, 0.5) is 10.1 Å². The van der Waals surface area contributed by atoms with E-state index in [4.69, 9.17) is 17.3 Å². The fraction of sp³-hybridized carbons (Fsp3) is 0.0769. The zero-order chi connectivity index (χ0) is 12.6. The van der Waals surface area contributed by atoms with Crippen molar-refractivity contribution in [2.24, 2.45) is 0 Å². The van der Waals surface area contributed by atoms with E-state index < -0.39 is 0 Å². The molecule has 0 heterocycles. The van der Waals surface area contributed by atoms with E-state index in [0.29, 0.717) is 20.7 Å². The summed E-state index contributed by atoms with van der Waals surface area (Å²) in [5, 5.41) is 0.486. The van der Waals surface area contributed by atoms with Crippen LogP contribution in [0, 0.1) is 12.7 Å². The minimum absolute atomic E-state index is 0.335. The number of nitrogen functional groups attached to an aromatic ring is 1. The summed E-state index contributed by atoms with van der Waals surface area (Å²) >= 11 is 9.40. The molecule has 0 aromatic heterocycles. The molecule has 4 heteroatoms. The van der Waals surface area contributed by atoms with Crippen molar-refractivity contribution in [2.75, 3.05) is 5.73 Å². The van der Waals surface area contributed by atoms with Gasteiger partial charge in [-0.05, 0) is 52.2 Å². The van der Waals surface area contributed by atoms with Gasteiger partial charge in [0.25, 0.3) is 0 Å². The molecule has 1 nitrogen and oxygen atoms in total. The third-order valence-electron chi connectivity index (χ3n) is 2.66. The summed E-state index contributed by atoms with van der Waals surface area (Å²) in [6.45, 7) is 1.89. The maximum Gasteiger partial charge on any atom is 0.125 e. The first kappa shape index (κ1) is 12.4. The molecule has 2 N–H and O–H groups in total. The van der Waals surface area contributed by atoms with Gasteiger partial charge in [-0.3, -0.25) is 0 Å². The molecular weight excluding hydrogens is 305 g/mol. The van der Waals surface area contributed by atoms with E-state index in [-0.39, 0.29) is 5.82 Å². The number of hydrogen-bond donors (Lipinski definition) is 1. The van der Waals surface area contributed by atoms with E-state index in [1.54, 1.807) is 6.07 Å². The van der Waals surface area contributed by atoms with E-state index in [1.807, 2.05) is 19.1 Å². The topological polar surface area (TPSA) is 26.0 Å². The minimum Gasteiger partial charge on any atom is -0.398 e. The van der Waals surface area contributed by atoms with Gasteiger partial charge in [0.2, 0.25) is 0 Å². The molecule has 0 amide bonds. The molecule has 0 saturated carbocycles. The van der Waals surface area contributed by atoms with Gasteiger partial charge in [-0.25, -0.2) is 4.39 Å². The van der Waals surface area contributed by atoms with Crippen LogP contribution in [0.25, 0.3) is 11.1 Å². The third kappa shape index (κ3) is 2.31. The van der Waals surface area contributed by atoms with Crippen LogP contribution in [0.2, 0.25) is 5.02 Å². The maximum atomic E-state index is 13.4. The van der Waals surface area contributed by atoms with Crippen LogP contribution in [-0.4, -0.2) is 0 Å². The van der Waals surface area contributed by atoms with Gasteiger partial charge in [0.15, 0.2) is 0 Å². The van der Waals surface area contributed by atoms with Crippen molar-refractivity contribution in [3.63, 3.8) is 0 Å². The van der Waals surface area contributed by atoms with Crippen LogP contribution in [0.1, 0.15) is 5.56 Å². The SMILES string of the molecule is Cc1c(N)cccc1-c1cc(F)cc(Br)c1Cl. The van der Waals surface area contributed by atoms with Crippen LogP contribution in [0.5, 0.6) is 0 Å². The maximum absolute atomic E-state index is 13.4. The van der Waals surface area contributed by atoms with Crippen molar-refractivity contribution >= 4 is 33.2 Å². The molecule has 0 saturated heterocycles. The second kappa shape index (κ2) is 4.67. The van der Waals surface area contributed by atoms with Crippen molar-refractivity contribution in [3.8, 4) is 11.1 Å². The first-order chi connectivity index (χ1) is 8.00. The standard InChI is InChI=1S/C13H10BrClFN/c1-7-9(3-2-4-12(7)17)10-5-8(16)6-11(14)13(10)15/h2-6H,17H2,1H3. The van der Waals surface area contributed by atoms with E-state index >= 15 is 0 Å². The summed E-state index contributed by atoms with van der Waals surface area (Å²) < 4.78 is 13.9. The van der Waals surface area contributed by atoms with Crippen molar-refractivity contribution in [1.29, 1.82) is 0 Å². The number of nitrogens with two attached hydrogens (primary N) is 1. The molecule has 2 rings (SSSR count). The molecule has 17 heavy (non-hydrogen) atoms. The molecule has 0 unspecified atom stereocenters. The Kier molecular flexibility index (Phi) is 3.40. The summed E-state index contributed by atoms with van der Waals surface area (Å²) in [5.74, 6) is -0.335. The summed E-state index contributed by atoms with van der Waals surface area (Å²) in [6, 6.07) is 8.26.